The number of piperidine rings is 1. The molecule has 0 radical (unpaired) electrons. The van der Waals surface area contributed by atoms with Crippen LogP contribution in [0.3, 0.4) is 0 Å². The van der Waals surface area contributed by atoms with Crippen molar-refractivity contribution in [1.29, 1.82) is 5.26 Å². The summed E-state index contributed by atoms with van der Waals surface area (Å²) in [6.45, 7) is 3.53. The van der Waals surface area contributed by atoms with Gasteiger partial charge in [0, 0.05) is 41.8 Å². The average Bonchev–Trinajstić information content (AvgIpc) is 3.50. The van der Waals surface area contributed by atoms with Gasteiger partial charge in [-0.25, -0.2) is 0 Å². The van der Waals surface area contributed by atoms with E-state index in [1.54, 1.807) is 12.1 Å². The second-order valence-corrected chi connectivity index (χ2v) is 9.20. The molecule has 8 nitrogen and oxygen atoms in total. The van der Waals surface area contributed by atoms with Crippen LogP contribution in [-0.4, -0.2) is 40.7 Å². The summed E-state index contributed by atoms with van der Waals surface area (Å²) in [5.74, 6) is 0.928. The third kappa shape index (κ3) is 4.78. The molecule has 1 aromatic heterocycles. The zero-order valence-electron chi connectivity index (χ0n) is 20.2. The van der Waals surface area contributed by atoms with Crippen LogP contribution in [0.2, 0.25) is 0 Å². The summed E-state index contributed by atoms with van der Waals surface area (Å²) in [4.78, 5) is 27.8. The van der Waals surface area contributed by atoms with Crippen molar-refractivity contribution in [2.75, 3.05) is 13.3 Å². The van der Waals surface area contributed by atoms with Gasteiger partial charge < -0.3 is 24.3 Å². The Hall–Kier alpha value is -4.25. The van der Waals surface area contributed by atoms with Crippen LogP contribution in [-0.2, 0) is 22.7 Å². The molecule has 1 N–H and O–H groups in total. The van der Waals surface area contributed by atoms with Gasteiger partial charge in [-0.05, 0) is 56.0 Å². The number of nitrogens with one attached hydrogen (secondary N) is 1. The first kappa shape index (κ1) is 23.5. The number of carbonyl (C=O) groups is 2. The molecular weight excluding hydrogens is 456 g/mol. The lowest BCUT2D eigenvalue weighted by atomic mass is 10.0. The summed E-state index contributed by atoms with van der Waals surface area (Å²) in [5, 5.41) is 13.4. The van der Waals surface area contributed by atoms with Gasteiger partial charge in [-0.1, -0.05) is 24.3 Å². The van der Waals surface area contributed by atoms with Crippen molar-refractivity contribution in [2.45, 2.75) is 45.3 Å². The molecule has 1 fully saturated rings. The van der Waals surface area contributed by atoms with Crippen LogP contribution in [0.1, 0.15) is 37.3 Å². The van der Waals surface area contributed by atoms with E-state index in [1.165, 1.54) is 0 Å². The lowest BCUT2D eigenvalue weighted by Gasteiger charge is -2.33. The van der Waals surface area contributed by atoms with Gasteiger partial charge in [0.25, 0.3) is 5.91 Å². The molecule has 3 aromatic rings. The first-order valence-electron chi connectivity index (χ1n) is 12.2. The maximum Gasteiger partial charge on any atom is 0.262 e. The average molecular weight is 485 g/mol. The quantitative estimate of drug-likeness (QED) is 0.422. The Morgan fingerprint density at radius 3 is 2.83 bits per heavy atom. The van der Waals surface area contributed by atoms with Crippen molar-refractivity contribution in [3.05, 3.63) is 65.4 Å². The number of carbonyl (C=O) groups excluding carboxylic acids is 2. The van der Waals surface area contributed by atoms with E-state index in [9.17, 15) is 14.9 Å². The van der Waals surface area contributed by atoms with Crippen molar-refractivity contribution < 1.29 is 19.1 Å². The first-order chi connectivity index (χ1) is 17.5. The van der Waals surface area contributed by atoms with E-state index in [2.05, 4.69) is 12.2 Å². The Bertz CT molecular complexity index is 1380. The number of fused-ring (bicyclic) bond motifs is 2. The van der Waals surface area contributed by atoms with E-state index >= 15 is 0 Å². The van der Waals surface area contributed by atoms with E-state index in [0.29, 0.717) is 11.5 Å². The number of hydrogen-bond donors (Lipinski definition) is 1. The Kier molecular flexibility index (Phi) is 6.63. The largest absolute Gasteiger partial charge is 0.454 e. The molecule has 0 aliphatic carbocycles. The standard InChI is InChI=1S/C28H28N4O4/c1-19-6-4-5-11-32(19)27(33)17-31-16-22(23-7-2-3-8-24(23)31)13-21(14-29)28(34)30-15-20-9-10-25-26(12-20)36-18-35-25/h2-3,7-10,12-13,16,19H,4-6,11,15,17-18H2,1H3,(H,30,34)/b21-13+/t19-/m1/s1. The van der Waals surface area contributed by atoms with Gasteiger partial charge in [0.05, 0.1) is 0 Å². The summed E-state index contributed by atoms with van der Waals surface area (Å²) in [6.07, 6.45) is 6.64. The number of nitrogens with zero attached hydrogens (tertiary/aromatic N) is 3. The molecule has 8 heteroatoms. The van der Waals surface area contributed by atoms with Crippen molar-refractivity contribution in [1.82, 2.24) is 14.8 Å². The molecule has 1 saturated heterocycles. The fraction of sp³-hybridized carbons (Fsp3) is 0.321. The lowest BCUT2D eigenvalue weighted by molar-refractivity contribution is -0.135. The van der Waals surface area contributed by atoms with Gasteiger partial charge in [-0.15, -0.1) is 0 Å². The number of ether oxygens (including phenoxy) is 2. The van der Waals surface area contributed by atoms with E-state index < -0.39 is 5.91 Å². The number of rotatable bonds is 6. The van der Waals surface area contributed by atoms with Gasteiger partial charge in [0.2, 0.25) is 12.7 Å². The van der Waals surface area contributed by atoms with E-state index in [-0.39, 0.29) is 37.4 Å². The molecule has 3 heterocycles. The number of nitriles is 1. The van der Waals surface area contributed by atoms with Crippen LogP contribution in [0.5, 0.6) is 11.5 Å². The summed E-state index contributed by atoms with van der Waals surface area (Å²) in [6, 6.07) is 15.4. The Morgan fingerprint density at radius 1 is 1.17 bits per heavy atom. The summed E-state index contributed by atoms with van der Waals surface area (Å²) in [7, 11) is 0. The summed E-state index contributed by atoms with van der Waals surface area (Å²) < 4.78 is 12.6. The minimum atomic E-state index is -0.467. The first-order valence-corrected chi connectivity index (χ1v) is 12.2. The van der Waals surface area contributed by atoms with Crippen LogP contribution in [0.15, 0.2) is 54.2 Å². The Balaban J connectivity index is 1.34. The number of para-hydroxylation sites is 1. The molecule has 2 aliphatic rings. The summed E-state index contributed by atoms with van der Waals surface area (Å²) in [5.41, 5.74) is 2.45. The topological polar surface area (TPSA) is 96.6 Å². The molecule has 0 unspecified atom stereocenters. The van der Waals surface area contributed by atoms with E-state index in [1.807, 2.05) is 58.1 Å². The molecular formula is C28H28N4O4. The SMILES string of the molecule is C[C@@H]1CCCCN1C(=O)Cn1cc(/C=C(\C#N)C(=O)NCc2ccc3c(c2)OCO3)c2ccccc21. The van der Waals surface area contributed by atoms with Crippen molar-refractivity contribution in [3.63, 3.8) is 0 Å². The third-order valence-electron chi connectivity index (χ3n) is 6.80. The minimum Gasteiger partial charge on any atom is -0.454 e. The zero-order chi connectivity index (χ0) is 25.1. The molecule has 36 heavy (non-hydrogen) atoms. The van der Waals surface area contributed by atoms with Gasteiger partial charge >= 0.3 is 0 Å². The molecule has 2 aliphatic heterocycles. The fourth-order valence-electron chi connectivity index (χ4n) is 4.86. The van der Waals surface area contributed by atoms with E-state index in [0.717, 1.165) is 47.8 Å². The number of amides is 2. The number of hydrogen-bond acceptors (Lipinski definition) is 5. The molecule has 5 rings (SSSR count). The van der Waals surface area contributed by atoms with E-state index in [4.69, 9.17) is 9.47 Å². The maximum atomic E-state index is 13.1. The second kappa shape index (κ2) is 10.2. The highest BCUT2D eigenvalue weighted by atomic mass is 16.7. The van der Waals surface area contributed by atoms with Crippen LogP contribution in [0, 0.1) is 11.3 Å². The predicted molar refractivity (Wildman–Crippen MR) is 135 cm³/mol. The predicted octanol–water partition coefficient (Wildman–Crippen LogP) is 3.99. The van der Waals surface area contributed by atoms with Gasteiger partial charge in [-0.2, -0.15) is 5.26 Å². The molecule has 0 saturated carbocycles. The smallest absolute Gasteiger partial charge is 0.262 e. The molecule has 1 atom stereocenters. The molecule has 2 amide bonds. The molecule has 2 aromatic carbocycles. The van der Waals surface area contributed by atoms with Crippen molar-refractivity contribution >= 4 is 28.8 Å². The lowest BCUT2D eigenvalue weighted by Crippen LogP contribution is -2.43. The van der Waals surface area contributed by atoms with Crippen molar-refractivity contribution in [2.24, 2.45) is 0 Å². The highest BCUT2D eigenvalue weighted by molar-refractivity contribution is 6.04. The number of likely N-dealkylation sites (tertiary alicyclic amines) is 1. The third-order valence-corrected chi connectivity index (χ3v) is 6.80. The van der Waals surface area contributed by atoms with Gasteiger partial charge in [0.1, 0.15) is 18.2 Å². The van der Waals surface area contributed by atoms with Crippen molar-refractivity contribution in [3.8, 4) is 17.6 Å². The molecule has 0 bridgehead atoms. The fourth-order valence-corrected chi connectivity index (χ4v) is 4.86. The number of aromatic nitrogens is 1. The van der Waals surface area contributed by atoms with Crippen LogP contribution < -0.4 is 14.8 Å². The van der Waals surface area contributed by atoms with Gasteiger partial charge in [-0.3, -0.25) is 9.59 Å². The van der Waals surface area contributed by atoms with Crippen LogP contribution in [0.25, 0.3) is 17.0 Å². The molecule has 184 valence electrons. The summed E-state index contributed by atoms with van der Waals surface area (Å²) >= 11 is 0. The zero-order valence-corrected chi connectivity index (χ0v) is 20.2. The Labute approximate surface area is 209 Å². The monoisotopic (exact) mass is 484 g/mol. The minimum absolute atomic E-state index is 0.00498. The maximum absolute atomic E-state index is 13.1. The van der Waals surface area contributed by atoms with Gasteiger partial charge in [0.15, 0.2) is 11.5 Å². The van der Waals surface area contributed by atoms with Crippen LogP contribution in [0.4, 0.5) is 0 Å². The second-order valence-electron chi connectivity index (χ2n) is 9.20. The highest BCUT2D eigenvalue weighted by Crippen LogP contribution is 2.32. The normalized spacial score (nSPS) is 17.2. The highest BCUT2D eigenvalue weighted by Gasteiger charge is 2.24. The number of benzene rings is 2. The molecule has 0 spiro atoms. The van der Waals surface area contributed by atoms with Crippen LogP contribution >= 0.6 is 0 Å². The Morgan fingerprint density at radius 2 is 2.00 bits per heavy atom.